The van der Waals surface area contributed by atoms with Gasteiger partial charge in [-0.25, -0.2) is 4.98 Å². The number of ether oxygens (including phenoxy) is 1. The summed E-state index contributed by atoms with van der Waals surface area (Å²) >= 11 is 8.66. The molecule has 7 nitrogen and oxygen atoms in total. The van der Waals surface area contributed by atoms with Crippen LogP contribution in [-0.4, -0.2) is 31.4 Å². The molecule has 0 radical (unpaired) electrons. The van der Waals surface area contributed by atoms with Gasteiger partial charge in [-0.15, -0.1) is 21.5 Å². The molecule has 10 heteroatoms. The lowest BCUT2D eigenvalue weighted by Gasteiger charge is -2.10. The van der Waals surface area contributed by atoms with Gasteiger partial charge >= 0.3 is 0 Å². The van der Waals surface area contributed by atoms with Gasteiger partial charge in [-0.1, -0.05) is 61.5 Å². The Bertz CT molecular complexity index is 1270. The molecule has 4 aromatic rings. The van der Waals surface area contributed by atoms with Crippen molar-refractivity contribution >= 4 is 45.7 Å². The Balaban J connectivity index is 1.31. The van der Waals surface area contributed by atoms with E-state index in [0.717, 1.165) is 22.8 Å². The fraction of sp³-hybridized carbons (Fsp3) is 0.280. The lowest BCUT2D eigenvalue weighted by molar-refractivity contribution is -0.113. The van der Waals surface area contributed by atoms with Crippen molar-refractivity contribution in [3.05, 3.63) is 70.3 Å². The third-order valence-corrected chi connectivity index (χ3v) is 7.22. The molecule has 2 aromatic carbocycles. The molecule has 35 heavy (non-hydrogen) atoms. The molecule has 0 aliphatic rings. The predicted molar refractivity (Wildman–Crippen MR) is 142 cm³/mol. The molecular weight excluding hydrogens is 502 g/mol. The summed E-state index contributed by atoms with van der Waals surface area (Å²) in [6.07, 6.45) is 0. The topological polar surface area (TPSA) is 81.9 Å². The highest BCUT2D eigenvalue weighted by molar-refractivity contribution is 7.99. The maximum absolute atomic E-state index is 12.5. The Kier molecular flexibility index (Phi) is 8.43. The summed E-state index contributed by atoms with van der Waals surface area (Å²) in [5.41, 5.74) is 3.01. The van der Waals surface area contributed by atoms with Crippen LogP contribution in [0, 0.1) is 0 Å². The largest absolute Gasteiger partial charge is 0.486 e. The standard InChI is InChI=1S/C25H26ClN5O2S2/c1-4-31-22(13-33-20-11-7-17(8-12-20)16(2)3)29-30-25(31)35-15-23(32)28-24-27-21(14-34-24)18-5-9-19(26)10-6-18/h5-12,14,16H,4,13,15H2,1-3H3,(H,27,28,32). The van der Waals surface area contributed by atoms with E-state index in [0.29, 0.717) is 34.4 Å². The molecule has 0 spiro atoms. The van der Waals surface area contributed by atoms with Crippen LogP contribution in [-0.2, 0) is 17.9 Å². The van der Waals surface area contributed by atoms with Gasteiger partial charge in [0.2, 0.25) is 5.91 Å². The Morgan fingerprint density at radius 3 is 2.57 bits per heavy atom. The molecule has 2 heterocycles. The molecule has 182 valence electrons. The van der Waals surface area contributed by atoms with E-state index in [1.165, 1.54) is 28.7 Å². The van der Waals surface area contributed by atoms with Gasteiger partial charge in [-0.2, -0.15) is 0 Å². The Morgan fingerprint density at radius 1 is 1.14 bits per heavy atom. The second-order valence-electron chi connectivity index (χ2n) is 8.04. The van der Waals surface area contributed by atoms with Crippen molar-refractivity contribution in [2.24, 2.45) is 0 Å². The predicted octanol–water partition coefficient (Wildman–Crippen LogP) is 6.51. The molecule has 1 amide bonds. The van der Waals surface area contributed by atoms with Crippen LogP contribution in [0.5, 0.6) is 5.75 Å². The van der Waals surface area contributed by atoms with Gasteiger partial charge in [0.05, 0.1) is 11.4 Å². The smallest absolute Gasteiger partial charge is 0.236 e. The zero-order valence-electron chi connectivity index (χ0n) is 19.7. The van der Waals surface area contributed by atoms with Gasteiger partial charge in [0.25, 0.3) is 0 Å². The fourth-order valence-corrected chi connectivity index (χ4v) is 5.00. The minimum Gasteiger partial charge on any atom is -0.486 e. The summed E-state index contributed by atoms with van der Waals surface area (Å²) in [4.78, 5) is 17.0. The molecule has 2 aromatic heterocycles. The second kappa shape index (κ2) is 11.7. The molecular formula is C25H26ClN5O2S2. The number of rotatable bonds is 10. The van der Waals surface area contributed by atoms with Crippen LogP contribution in [0.15, 0.2) is 59.1 Å². The number of carbonyl (C=O) groups is 1. The summed E-state index contributed by atoms with van der Waals surface area (Å²) in [5, 5.41) is 15.2. The zero-order valence-corrected chi connectivity index (χ0v) is 22.1. The van der Waals surface area contributed by atoms with Crippen LogP contribution >= 0.6 is 34.7 Å². The van der Waals surface area contributed by atoms with Crippen LogP contribution in [0.1, 0.15) is 38.1 Å². The van der Waals surface area contributed by atoms with Gasteiger partial charge in [-0.3, -0.25) is 4.79 Å². The first kappa shape index (κ1) is 25.2. The van der Waals surface area contributed by atoms with Gasteiger partial charge < -0.3 is 14.6 Å². The molecule has 0 atom stereocenters. The van der Waals surface area contributed by atoms with Gasteiger partial charge in [0.15, 0.2) is 16.1 Å². The first-order valence-corrected chi connectivity index (χ1v) is 13.5. The molecule has 0 saturated carbocycles. The number of nitrogens with zero attached hydrogens (tertiary/aromatic N) is 4. The number of amides is 1. The van der Waals surface area contributed by atoms with Crippen molar-refractivity contribution in [1.82, 2.24) is 19.7 Å². The number of benzene rings is 2. The number of nitrogens with one attached hydrogen (secondary N) is 1. The molecule has 0 aliphatic carbocycles. The molecule has 1 N–H and O–H groups in total. The third kappa shape index (κ3) is 6.62. The number of hydrogen-bond donors (Lipinski definition) is 1. The quantitative estimate of drug-likeness (QED) is 0.237. The van der Waals surface area contributed by atoms with Crippen LogP contribution in [0.4, 0.5) is 5.13 Å². The number of hydrogen-bond acceptors (Lipinski definition) is 7. The van der Waals surface area contributed by atoms with E-state index in [9.17, 15) is 4.79 Å². The average molecular weight is 528 g/mol. The maximum atomic E-state index is 12.5. The normalized spacial score (nSPS) is 11.1. The first-order valence-electron chi connectivity index (χ1n) is 11.2. The summed E-state index contributed by atoms with van der Waals surface area (Å²) in [5.74, 6) is 2.03. The van der Waals surface area contributed by atoms with E-state index >= 15 is 0 Å². The minimum atomic E-state index is -0.152. The van der Waals surface area contributed by atoms with E-state index < -0.39 is 0 Å². The number of thiazole rings is 1. The highest BCUT2D eigenvalue weighted by Crippen LogP contribution is 2.26. The molecule has 0 fully saturated rings. The van der Waals surface area contributed by atoms with E-state index in [4.69, 9.17) is 16.3 Å². The highest BCUT2D eigenvalue weighted by atomic mass is 35.5. The zero-order chi connectivity index (χ0) is 24.8. The van der Waals surface area contributed by atoms with Crippen molar-refractivity contribution in [3.63, 3.8) is 0 Å². The summed E-state index contributed by atoms with van der Waals surface area (Å²) in [6.45, 7) is 7.33. The minimum absolute atomic E-state index is 0.152. The fourth-order valence-electron chi connectivity index (χ4n) is 3.32. The van der Waals surface area contributed by atoms with Gasteiger partial charge in [-0.05, 0) is 42.7 Å². The lowest BCUT2D eigenvalue weighted by Crippen LogP contribution is -2.14. The van der Waals surface area contributed by atoms with Crippen LogP contribution in [0.25, 0.3) is 11.3 Å². The molecule has 4 rings (SSSR count). The lowest BCUT2D eigenvalue weighted by atomic mass is 10.0. The van der Waals surface area contributed by atoms with Crippen molar-refractivity contribution in [3.8, 4) is 17.0 Å². The number of anilines is 1. The number of aromatic nitrogens is 4. The number of carbonyl (C=O) groups excluding carboxylic acids is 1. The SMILES string of the molecule is CCn1c(COc2ccc(C(C)C)cc2)nnc1SCC(=O)Nc1nc(-c2ccc(Cl)cc2)cs1. The maximum Gasteiger partial charge on any atom is 0.236 e. The van der Waals surface area contributed by atoms with E-state index in [1.807, 2.05) is 53.3 Å². The summed E-state index contributed by atoms with van der Waals surface area (Å²) in [7, 11) is 0. The molecule has 0 unspecified atom stereocenters. The van der Waals surface area contributed by atoms with E-state index in [-0.39, 0.29) is 11.7 Å². The van der Waals surface area contributed by atoms with Crippen LogP contribution < -0.4 is 10.1 Å². The first-order chi connectivity index (χ1) is 16.9. The summed E-state index contributed by atoms with van der Waals surface area (Å²) < 4.78 is 7.87. The average Bonchev–Trinajstić information content (AvgIpc) is 3.48. The highest BCUT2D eigenvalue weighted by Gasteiger charge is 2.15. The molecule has 0 bridgehead atoms. The van der Waals surface area contributed by atoms with Crippen LogP contribution in [0.2, 0.25) is 5.02 Å². The summed E-state index contributed by atoms with van der Waals surface area (Å²) in [6, 6.07) is 15.5. The second-order valence-corrected chi connectivity index (χ2v) is 10.3. The van der Waals surface area contributed by atoms with Crippen LogP contribution in [0.3, 0.4) is 0 Å². The van der Waals surface area contributed by atoms with Crippen molar-refractivity contribution in [2.75, 3.05) is 11.1 Å². The van der Waals surface area contributed by atoms with Crippen molar-refractivity contribution in [2.45, 2.75) is 45.0 Å². The van der Waals surface area contributed by atoms with Gasteiger partial charge in [0, 0.05) is 22.5 Å². The third-order valence-electron chi connectivity index (χ3n) is 5.25. The van der Waals surface area contributed by atoms with Crippen molar-refractivity contribution in [1.29, 1.82) is 0 Å². The molecule has 0 aliphatic heterocycles. The van der Waals surface area contributed by atoms with E-state index in [2.05, 4.69) is 46.5 Å². The Labute approximate surface area is 217 Å². The number of thioether (sulfide) groups is 1. The Hall–Kier alpha value is -2.88. The van der Waals surface area contributed by atoms with Crippen molar-refractivity contribution < 1.29 is 9.53 Å². The Morgan fingerprint density at radius 2 is 1.89 bits per heavy atom. The van der Waals surface area contributed by atoms with E-state index in [1.54, 1.807) is 0 Å². The monoisotopic (exact) mass is 527 g/mol. The molecule has 0 saturated heterocycles. The van der Waals surface area contributed by atoms with Gasteiger partial charge in [0.1, 0.15) is 12.4 Å². The number of halogens is 1.